The van der Waals surface area contributed by atoms with E-state index in [9.17, 15) is 9.90 Å². The third-order valence-electron chi connectivity index (χ3n) is 2.68. The standard InChI is InChI=1S/C13H20N2O4/c1-15(7-9(16)8-18-2)13(17)12-10(14)5-4-6-11(12)19-3/h4-6,9,16H,7-8,14H2,1-3H3. The molecule has 6 heteroatoms. The molecule has 1 unspecified atom stereocenters. The number of benzene rings is 1. The molecule has 0 bridgehead atoms. The Morgan fingerprint density at radius 1 is 1.47 bits per heavy atom. The number of carbonyl (C=O) groups excluding carboxylic acids is 1. The van der Waals surface area contributed by atoms with Crippen LogP contribution in [0, 0.1) is 0 Å². The molecule has 0 spiro atoms. The maximum Gasteiger partial charge on any atom is 0.259 e. The highest BCUT2D eigenvalue weighted by Gasteiger charge is 2.21. The van der Waals surface area contributed by atoms with Gasteiger partial charge in [-0.25, -0.2) is 0 Å². The third kappa shape index (κ3) is 3.84. The van der Waals surface area contributed by atoms with Crippen molar-refractivity contribution >= 4 is 11.6 Å². The molecule has 1 aromatic rings. The second-order valence-electron chi connectivity index (χ2n) is 4.22. The summed E-state index contributed by atoms with van der Waals surface area (Å²) in [5, 5.41) is 9.63. The van der Waals surface area contributed by atoms with Crippen molar-refractivity contribution in [3.63, 3.8) is 0 Å². The Balaban J connectivity index is 2.88. The van der Waals surface area contributed by atoms with Gasteiger partial charge in [-0.2, -0.15) is 0 Å². The molecule has 0 saturated carbocycles. The lowest BCUT2D eigenvalue weighted by Crippen LogP contribution is -2.36. The summed E-state index contributed by atoms with van der Waals surface area (Å²) in [5.41, 5.74) is 6.46. The van der Waals surface area contributed by atoms with Gasteiger partial charge in [-0.15, -0.1) is 0 Å². The summed E-state index contributed by atoms with van der Waals surface area (Å²) in [6.45, 7) is 0.323. The first-order valence-electron chi connectivity index (χ1n) is 5.86. The third-order valence-corrected chi connectivity index (χ3v) is 2.68. The van der Waals surface area contributed by atoms with Crippen LogP contribution in [0.1, 0.15) is 10.4 Å². The number of likely N-dealkylation sites (N-methyl/N-ethyl adjacent to an activating group) is 1. The summed E-state index contributed by atoms with van der Waals surface area (Å²) in [7, 11) is 4.56. The number of aliphatic hydroxyl groups is 1. The van der Waals surface area contributed by atoms with E-state index in [1.807, 2.05) is 0 Å². The second-order valence-corrected chi connectivity index (χ2v) is 4.22. The fraction of sp³-hybridized carbons (Fsp3) is 0.462. The molecule has 0 saturated heterocycles. The first-order chi connectivity index (χ1) is 9.01. The average molecular weight is 268 g/mol. The van der Waals surface area contributed by atoms with Crippen molar-refractivity contribution in [1.29, 1.82) is 0 Å². The topological polar surface area (TPSA) is 85.0 Å². The largest absolute Gasteiger partial charge is 0.496 e. The van der Waals surface area contributed by atoms with E-state index in [0.717, 1.165) is 0 Å². The molecule has 0 fully saturated rings. The fourth-order valence-corrected chi connectivity index (χ4v) is 1.78. The molecule has 6 nitrogen and oxygen atoms in total. The van der Waals surface area contributed by atoms with Gasteiger partial charge in [0.1, 0.15) is 11.3 Å². The SMILES string of the molecule is COCC(O)CN(C)C(=O)c1c(N)cccc1OC. The van der Waals surface area contributed by atoms with Gasteiger partial charge in [0.2, 0.25) is 0 Å². The van der Waals surface area contributed by atoms with E-state index in [1.54, 1.807) is 25.2 Å². The Hall–Kier alpha value is -1.79. The zero-order valence-corrected chi connectivity index (χ0v) is 11.4. The van der Waals surface area contributed by atoms with Crippen molar-refractivity contribution < 1.29 is 19.4 Å². The van der Waals surface area contributed by atoms with Crippen LogP contribution in [0.25, 0.3) is 0 Å². The number of rotatable bonds is 6. The molecule has 3 N–H and O–H groups in total. The van der Waals surface area contributed by atoms with Crippen molar-refractivity contribution in [3.8, 4) is 5.75 Å². The molecule has 0 aliphatic rings. The van der Waals surface area contributed by atoms with Crippen molar-refractivity contribution in [2.75, 3.05) is 40.2 Å². The number of hydrogen-bond donors (Lipinski definition) is 2. The lowest BCUT2D eigenvalue weighted by atomic mass is 10.1. The van der Waals surface area contributed by atoms with Crippen LogP contribution in [0.2, 0.25) is 0 Å². The molecule has 106 valence electrons. The van der Waals surface area contributed by atoms with Crippen molar-refractivity contribution in [3.05, 3.63) is 23.8 Å². The lowest BCUT2D eigenvalue weighted by molar-refractivity contribution is 0.0379. The van der Waals surface area contributed by atoms with Crippen LogP contribution in [0.15, 0.2) is 18.2 Å². The second kappa shape index (κ2) is 6.96. The van der Waals surface area contributed by atoms with Crippen LogP contribution in [0.4, 0.5) is 5.69 Å². The number of carbonyl (C=O) groups is 1. The van der Waals surface area contributed by atoms with Gasteiger partial charge in [-0.05, 0) is 12.1 Å². The van der Waals surface area contributed by atoms with Gasteiger partial charge in [0.05, 0.1) is 19.8 Å². The number of amides is 1. The van der Waals surface area contributed by atoms with E-state index >= 15 is 0 Å². The summed E-state index contributed by atoms with van der Waals surface area (Å²) in [6, 6.07) is 5.02. The van der Waals surface area contributed by atoms with Crippen LogP contribution in [-0.4, -0.2) is 56.4 Å². The fourth-order valence-electron chi connectivity index (χ4n) is 1.78. The van der Waals surface area contributed by atoms with E-state index in [4.69, 9.17) is 15.2 Å². The number of nitrogens with zero attached hydrogens (tertiary/aromatic N) is 1. The number of ether oxygens (including phenoxy) is 2. The zero-order chi connectivity index (χ0) is 14.4. The summed E-state index contributed by atoms with van der Waals surface area (Å²) in [5.74, 6) is 0.114. The van der Waals surface area contributed by atoms with E-state index in [2.05, 4.69) is 0 Å². The minimum atomic E-state index is -0.741. The maximum absolute atomic E-state index is 12.3. The number of hydrogen-bond acceptors (Lipinski definition) is 5. The molecule has 0 heterocycles. The van der Waals surface area contributed by atoms with Gasteiger partial charge in [0.15, 0.2) is 0 Å². The predicted octanol–water partition coefficient (Wildman–Crippen LogP) is 0.357. The van der Waals surface area contributed by atoms with Crippen molar-refractivity contribution in [2.45, 2.75) is 6.10 Å². The van der Waals surface area contributed by atoms with Gasteiger partial charge in [-0.3, -0.25) is 4.79 Å². The average Bonchev–Trinajstić information content (AvgIpc) is 2.37. The maximum atomic E-state index is 12.3. The summed E-state index contributed by atoms with van der Waals surface area (Å²) >= 11 is 0. The van der Waals surface area contributed by atoms with Gasteiger partial charge >= 0.3 is 0 Å². The Morgan fingerprint density at radius 2 is 2.16 bits per heavy atom. The first-order valence-corrected chi connectivity index (χ1v) is 5.86. The summed E-state index contributed by atoms with van der Waals surface area (Å²) in [4.78, 5) is 13.7. The van der Waals surface area contributed by atoms with Crippen molar-refractivity contribution in [1.82, 2.24) is 4.90 Å². The number of aliphatic hydroxyl groups excluding tert-OH is 1. The quantitative estimate of drug-likeness (QED) is 0.727. The number of nitrogen functional groups attached to an aromatic ring is 1. The Morgan fingerprint density at radius 3 is 2.74 bits per heavy atom. The van der Waals surface area contributed by atoms with E-state index in [1.165, 1.54) is 19.1 Å². The summed E-state index contributed by atoms with van der Waals surface area (Å²) in [6.07, 6.45) is -0.741. The summed E-state index contributed by atoms with van der Waals surface area (Å²) < 4.78 is 9.96. The molecule has 1 atom stereocenters. The van der Waals surface area contributed by atoms with Gasteiger partial charge < -0.3 is 25.2 Å². The van der Waals surface area contributed by atoms with Crippen molar-refractivity contribution in [2.24, 2.45) is 0 Å². The number of methoxy groups -OCH3 is 2. The Labute approximate surface area is 112 Å². The highest BCUT2D eigenvalue weighted by molar-refractivity contribution is 6.01. The van der Waals surface area contributed by atoms with Crippen LogP contribution < -0.4 is 10.5 Å². The smallest absolute Gasteiger partial charge is 0.259 e. The molecule has 1 rings (SSSR count). The number of nitrogens with two attached hydrogens (primary N) is 1. The first kappa shape index (κ1) is 15.3. The highest BCUT2D eigenvalue weighted by atomic mass is 16.5. The highest BCUT2D eigenvalue weighted by Crippen LogP contribution is 2.25. The zero-order valence-electron chi connectivity index (χ0n) is 11.4. The van der Waals surface area contributed by atoms with Gasteiger partial charge in [0.25, 0.3) is 5.91 Å². The monoisotopic (exact) mass is 268 g/mol. The molecule has 0 aliphatic carbocycles. The van der Waals surface area contributed by atoms with Crippen LogP contribution in [-0.2, 0) is 4.74 Å². The normalized spacial score (nSPS) is 12.0. The molecule has 19 heavy (non-hydrogen) atoms. The lowest BCUT2D eigenvalue weighted by Gasteiger charge is -2.22. The van der Waals surface area contributed by atoms with E-state index in [0.29, 0.717) is 17.0 Å². The number of anilines is 1. The minimum absolute atomic E-state index is 0.157. The molecule has 1 amide bonds. The van der Waals surface area contributed by atoms with Crippen LogP contribution in [0.3, 0.4) is 0 Å². The predicted molar refractivity (Wildman–Crippen MR) is 72.2 cm³/mol. The molecule has 0 aromatic heterocycles. The Bertz CT molecular complexity index is 437. The molecular formula is C13H20N2O4. The van der Waals surface area contributed by atoms with Gasteiger partial charge in [-0.1, -0.05) is 6.07 Å². The Kier molecular flexibility index (Phi) is 5.59. The molecule has 0 radical (unpaired) electrons. The van der Waals surface area contributed by atoms with Gasteiger partial charge in [0, 0.05) is 26.4 Å². The molecule has 1 aromatic carbocycles. The van der Waals surface area contributed by atoms with E-state index in [-0.39, 0.29) is 19.1 Å². The van der Waals surface area contributed by atoms with Crippen LogP contribution in [0.5, 0.6) is 5.75 Å². The molecule has 0 aliphatic heterocycles. The van der Waals surface area contributed by atoms with E-state index < -0.39 is 6.10 Å². The minimum Gasteiger partial charge on any atom is -0.496 e. The molecular weight excluding hydrogens is 248 g/mol. The van der Waals surface area contributed by atoms with Crippen LogP contribution >= 0.6 is 0 Å².